The van der Waals surface area contributed by atoms with Gasteiger partial charge in [0, 0.05) is 32.6 Å². The first-order valence-corrected chi connectivity index (χ1v) is 9.46. The van der Waals surface area contributed by atoms with Crippen LogP contribution in [0.25, 0.3) is 10.8 Å². The molecule has 1 aliphatic rings. The van der Waals surface area contributed by atoms with Gasteiger partial charge in [0.2, 0.25) is 5.91 Å². The monoisotopic (exact) mass is 362 g/mol. The second kappa shape index (κ2) is 7.78. The van der Waals surface area contributed by atoms with Gasteiger partial charge in [-0.25, -0.2) is 4.39 Å². The number of carbonyl (C=O) groups is 1. The zero-order valence-corrected chi connectivity index (χ0v) is 15.3. The zero-order valence-electron chi connectivity index (χ0n) is 15.3. The Kier molecular flexibility index (Phi) is 5.05. The molecule has 27 heavy (non-hydrogen) atoms. The first-order chi connectivity index (χ1) is 13.2. The number of anilines is 1. The van der Waals surface area contributed by atoms with Gasteiger partial charge in [-0.2, -0.15) is 0 Å². The molecule has 3 aromatic rings. The molecule has 0 radical (unpaired) electrons. The highest BCUT2D eigenvalue weighted by atomic mass is 19.1. The fraction of sp³-hybridized carbons (Fsp3) is 0.261. The van der Waals surface area contributed by atoms with Crippen molar-refractivity contribution in [2.75, 3.05) is 31.1 Å². The Morgan fingerprint density at radius 2 is 1.56 bits per heavy atom. The first kappa shape index (κ1) is 17.5. The average Bonchev–Trinajstić information content (AvgIpc) is 2.72. The number of piperazine rings is 1. The summed E-state index contributed by atoms with van der Waals surface area (Å²) in [7, 11) is 0. The van der Waals surface area contributed by atoms with Gasteiger partial charge in [0.1, 0.15) is 5.82 Å². The van der Waals surface area contributed by atoms with Crippen LogP contribution in [0.2, 0.25) is 0 Å². The number of carbonyl (C=O) groups excluding carboxylic acids is 1. The van der Waals surface area contributed by atoms with Crippen LogP contribution in [0.15, 0.2) is 66.7 Å². The molecule has 1 heterocycles. The van der Waals surface area contributed by atoms with Crippen molar-refractivity contribution < 1.29 is 9.18 Å². The van der Waals surface area contributed by atoms with Gasteiger partial charge in [-0.05, 0) is 34.9 Å². The van der Waals surface area contributed by atoms with Crippen molar-refractivity contribution in [3.8, 4) is 0 Å². The van der Waals surface area contributed by atoms with E-state index in [0.29, 0.717) is 38.3 Å². The molecule has 4 rings (SSSR count). The van der Waals surface area contributed by atoms with Crippen LogP contribution in [0, 0.1) is 5.82 Å². The van der Waals surface area contributed by atoms with E-state index in [0.717, 1.165) is 6.42 Å². The summed E-state index contributed by atoms with van der Waals surface area (Å²) < 4.78 is 13.9. The van der Waals surface area contributed by atoms with Crippen LogP contribution in [0.3, 0.4) is 0 Å². The molecule has 1 saturated heterocycles. The lowest BCUT2D eigenvalue weighted by Crippen LogP contribution is -2.49. The third-order valence-electron chi connectivity index (χ3n) is 5.31. The van der Waals surface area contributed by atoms with E-state index >= 15 is 0 Å². The summed E-state index contributed by atoms with van der Waals surface area (Å²) in [6.45, 7) is 2.62. The third kappa shape index (κ3) is 3.80. The van der Waals surface area contributed by atoms with E-state index < -0.39 is 0 Å². The summed E-state index contributed by atoms with van der Waals surface area (Å²) in [6, 6.07) is 21.4. The average molecular weight is 362 g/mol. The summed E-state index contributed by atoms with van der Waals surface area (Å²) >= 11 is 0. The number of nitrogens with zero attached hydrogens (tertiary/aromatic N) is 2. The zero-order chi connectivity index (χ0) is 18.6. The molecule has 0 N–H and O–H groups in total. The number of fused-ring (bicyclic) bond motifs is 1. The molecule has 0 spiro atoms. The van der Waals surface area contributed by atoms with Gasteiger partial charge in [-0.1, -0.05) is 54.6 Å². The number of benzene rings is 3. The third-order valence-corrected chi connectivity index (χ3v) is 5.31. The number of halogens is 1. The lowest BCUT2D eigenvalue weighted by molar-refractivity contribution is -0.131. The lowest BCUT2D eigenvalue weighted by atomic mass is 10.0. The number of hydrogen-bond acceptors (Lipinski definition) is 2. The van der Waals surface area contributed by atoms with E-state index in [1.54, 1.807) is 12.1 Å². The Bertz CT molecular complexity index is 943. The number of rotatable bonds is 4. The predicted octanol–water partition coefficient (Wildman–Crippen LogP) is 4.26. The Hall–Kier alpha value is -2.88. The van der Waals surface area contributed by atoms with Crippen molar-refractivity contribution in [2.24, 2.45) is 0 Å². The fourth-order valence-corrected chi connectivity index (χ4v) is 3.82. The van der Waals surface area contributed by atoms with Gasteiger partial charge in [-0.15, -0.1) is 0 Å². The largest absolute Gasteiger partial charge is 0.366 e. The van der Waals surface area contributed by atoms with Gasteiger partial charge < -0.3 is 9.80 Å². The number of aryl methyl sites for hydroxylation is 1. The molecule has 1 aliphatic heterocycles. The van der Waals surface area contributed by atoms with Gasteiger partial charge in [0.25, 0.3) is 0 Å². The van der Waals surface area contributed by atoms with E-state index in [9.17, 15) is 9.18 Å². The normalized spacial score (nSPS) is 14.6. The minimum Gasteiger partial charge on any atom is -0.366 e. The van der Waals surface area contributed by atoms with E-state index in [-0.39, 0.29) is 11.7 Å². The first-order valence-electron chi connectivity index (χ1n) is 9.46. The molecule has 0 aliphatic carbocycles. The summed E-state index contributed by atoms with van der Waals surface area (Å²) in [6.07, 6.45) is 1.25. The van der Waals surface area contributed by atoms with Crippen molar-refractivity contribution in [1.82, 2.24) is 4.90 Å². The summed E-state index contributed by atoms with van der Waals surface area (Å²) in [4.78, 5) is 16.6. The highest BCUT2D eigenvalue weighted by Crippen LogP contribution is 2.22. The van der Waals surface area contributed by atoms with Crippen LogP contribution in [-0.2, 0) is 11.2 Å². The second-order valence-electron chi connectivity index (χ2n) is 6.96. The topological polar surface area (TPSA) is 23.6 Å². The number of amides is 1. The van der Waals surface area contributed by atoms with Crippen molar-refractivity contribution in [3.63, 3.8) is 0 Å². The molecule has 1 amide bonds. The Labute approximate surface area is 159 Å². The minimum atomic E-state index is -0.201. The van der Waals surface area contributed by atoms with E-state index in [4.69, 9.17) is 0 Å². The molecule has 0 atom stereocenters. The van der Waals surface area contributed by atoms with Gasteiger partial charge in [-0.3, -0.25) is 4.79 Å². The SMILES string of the molecule is O=C(CCc1cccc2ccccc12)N1CCN(c2ccccc2F)CC1. The Morgan fingerprint density at radius 3 is 2.37 bits per heavy atom. The maximum Gasteiger partial charge on any atom is 0.223 e. The Morgan fingerprint density at radius 1 is 0.852 bits per heavy atom. The van der Waals surface area contributed by atoms with Crippen molar-refractivity contribution in [1.29, 1.82) is 0 Å². The van der Waals surface area contributed by atoms with E-state index in [1.165, 1.54) is 22.4 Å². The molecule has 1 fully saturated rings. The highest BCUT2D eigenvalue weighted by molar-refractivity contribution is 5.86. The van der Waals surface area contributed by atoms with Crippen LogP contribution in [0.4, 0.5) is 10.1 Å². The van der Waals surface area contributed by atoms with E-state index in [1.807, 2.05) is 28.0 Å². The molecule has 0 unspecified atom stereocenters. The predicted molar refractivity (Wildman–Crippen MR) is 107 cm³/mol. The molecule has 4 heteroatoms. The minimum absolute atomic E-state index is 0.177. The molecule has 0 bridgehead atoms. The molecule has 3 aromatic carbocycles. The Balaban J connectivity index is 1.35. The van der Waals surface area contributed by atoms with Crippen LogP contribution >= 0.6 is 0 Å². The van der Waals surface area contributed by atoms with Crippen molar-refractivity contribution >= 4 is 22.4 Å². The molecule has 138 valence electrons. The molecular formula is C23H23FN2O. The highest BCUT2D eigenvalue weighted by Gasteiger charge is 2.22. The maximum atomic E-state index is 13.9. The van der Waals surface area contributed by atoms with Gasteiger partial charge >= 0.3 is 0 Å². The van der Waals surface area contributed by atoms with Gasteiger partial charge in [0.05, 0.1) is 5.69 Å². The van der Waals surface area contributed by atoms with Crippen LogP contribution < -0.4 is 4.90 Å². The van der Waals surface area contributed by atoms with Crippen LogP contribution in [0.5, 0.6) is 0 Å². The summed E-state index contributed by atoms with van der Waals surface area (Å²) in [5.41, 5.74) is 1.84. The molecule has 0 saturated carbocycles. The van der Waals surface area contributed by atoms with Crippen LogP contribution in [-0.4, -0.2) is 37.0 Å². The summed E-state index contributed by atoms with van der Waals surface area (Å²) in [5.74, 6) is -0.0237. The molecule has 3 nitrogen and oxygen atoms in total. The van der Waals surface area contributed by atoms with Crippen molar-refractivity contribution in [2.45, 2.75) is 12.8 Å². The number of para-hydroxylation sites is 1. The van der Waals surface area contributed by atoms with Gasteiger partial charge in [0.15, 0.2) is 0 Å². The van der Waals surface area contributed by atoms with Crippen LogP contribution in [0.1, 0.15) is 12.0 Å². The fourth-order valence-electron chi connectivity index (χ4n) is 3.82. The standard InChI is InChI=1S/C23H23FN2O/c24-21-10-3-4-11-22(21)25-14-16-26(17-15-25)23(27)13-12-19-8-5-7-18-6-1-2-9-20(18)19/h1-11H,12-17H2. The maximum absolute atomic E-state index is 13.9. The summed E-state index contributed by atoms with van der Waals surface area (Å²) in [5, 5.41) is 2.43. The van der Waals surface area contributed by atoms with Crippen molar-refractivity contribution in [3.05, 3.63) is 78.1 Å². The van der Waals surface area contributed by atoms with E-state index in [2.05, 4.69) is 30.3 Å². The molecule has 0 aromatic heterocycles. The number of hydrogen-bond donors (Lipinski definition) is 0. The smallest absolute Gasteiger partial charge is 0.223 e. The second-order valence-corrected chi connectivity index (χ2v) is 6.96. The quantitative estimate of drug-likeness (QED) is 0.692. The lowest BCUT2D eigenvalue weighted by Gasteiger charge is -2.36. The molecular weight excluding hydrogens is 339 g/mol.